The van der Waals surface area contributed by atoms with Crippen molar-refractivity contribution >= 4 is 28.5 Å². The maximum atomic E-state index is 13.9. The highest BCUT2D eigenvalue weighted by molar-refractivity contribution is 6.31. The summed E-state index contributed by atoms with van der Waals surface area (Å²) < 4.78 is 55.4. The van der Waals surface area contributed by atoms with Gasteiger partial charge in [0.1, 0.15) is 5.82 Å². The van der Waals surface area contributed by atoms with Crippen LogP contribution in [0.3, 0.4) is 0 Å². The van der Waals surface area contributed by atoms with E-state index in [1.165, 1.54) is 42.1 Å². The first-order valence-electron chi connectivity index (χ1n) is 11.6. The van der Waals surface area contributed by atoms with E-state index in [0.29, 0.717) is 17.8 Å². The van der Waals surface area contributed by atoms with E-state index >= 15 is 0 Å². The molecule has 3 aromatic rings. The number of fused-ring (bicyclic) bond motifs is 1. The van der Waals surface area contributed by atoms with Crippen LogP contribution in [0.15, 0.2) is 72.9 Å². The Morgan fingerprint density at radius 1 is 1.06 bits per heavy atom. The molecule has 0 spiro atoms. The molecule has 5 nitrogen and oxygen atoms in total. The van der Waals surface area contributed by atoms with Gasteiger partial charge < -0.3 is 16.0 Å². The van der Waals surface area contributed by atoms with Crippen LogP contribution in [0, 0.1) is 5.82 Å². The van der Waals surface area contributed by atoms with Gasteiger partial charge in [0.2, 0.25) is 0 Å². The van der Waals surface area contributed by atoms with Crippen LogP contribution in [-0.2, 0) is 17.5 Å². The topological polar surface area (TPSA) is 56.4 Å². The average Bonchev–Trinajstić information content (AvgIpc) is 3.41. The Balaban J connectivity index is 1.30. The number of halogens is 4. The Morgan fingerprint density at radius 3 is 2.64 bits per heavy atom. The van der Waals surface area contributed by atoms with Gasteiger partial charge in [-0.2, -0.15) is 13.2 Å². The molecule has 0 bridgehead atoms. The van der Waals surface area contributed by atoms with Gasteiger partial charge in [0.25, 0.3) is 5.91 Å². The first-order chi connectivity index (χ1) is 17.3. The molecule has 0 radical (unpaired) electrons. The highest BCUT2D eigenvalue weighted by atomic mass is 19.4. The van der Waals surface area contributed by atoms with E-state index in [-0.39, 0.29) is 23.0 Å². The summed E-state index contributed by atoms with van der Waals surface area (Å²) in [5.74, 6) is -0.973. The molecule has 1 fully saturated rings. The lowest BCUT2D eigenvalue weighted by atomic mass is 10.1. The summed E-state index contributed by atoms with van der Waals surface area (Å²) in [5, 5.41) is 8.44. The number of alkyl halides is 3. The van der Waals surface area contributed by atoms with Gasteiger partial charge in [-0.15, -0.1) is 0 Å². The highest BCUT2D eigenvalue weighted by Gasteiger charge is 2.35. The zero-order valence-electron chi connectivity index (χ0n) is 19.2. The predicted octanol–water partition coefficient (Wildman–Crippen LogP) is 5.94. The molecule has 1 amide bonds. The minimum atomic E-state index is -4.57. The Morgan fingerprint density at radius 2 is 1.86 bits per heavy atom. The van der Waals surface area contributed by atoms with Crippen LogP contribution in [0.5, 0.6) is 0 Å². The summed E-state index contributed by atoms with van der Waals surface area (Å²) in [4.78, 5) is 14.5. The fourth-order valence-electron chi connectivity index (χ4n) is 4.61. The lowest BCUT2D eigenvalue weighted by Crippen LogP contribution is -2.27. The number of amides is 1. The van der Waals surface area contributed by atoms with E-state index in [2.05, 4.69) is 20.9 Å². The van der Waals surface area contributed by atoms with Gasteiger partial charge in [0.15, 0.2) is 0 Å². The number of carbonyl (C=O) groups is 1. The summed E-state index contributed by atoms with van der Waals surface area (Å²) in [7, 11) is 0. The number of anilines is 3. The van der Waals surface area contributed by atoms with E-state index in [1.807, 2.05) is 30.3 Å². The Kier molecular flexibility index (Phi) is 6.40. The molecule has 9 heteroatoms. The summed E-state index contributed by atoms with van der Waals surface area (Å²) in [6.07, 6.45) is -2.54. The van der Waals surface area contributed by atoms with Crippen molar-refractivity contribution in [3.63, 3.8) is 0 Å². The van der Waals surface area contributed by atoms with E-state index in [4.69, 9.17) is 0 Å². The molecule has 1 saturated heterocycles. The normalized spacial score (nSPS) is 18.8. The second-order valence-corrected chi connectivity index (χ2v) is 8.96. The molecule has 36 heavy (non-hydrogen) atoms. The molecule has 1 atom stereocenters. The number of benzene rings is 3. The number of likely N-dealkylation sites (tertiary alicyclic amines) is 1. The van der Waals surface area contributed by atoms with Crippen molar-refractivity contribution in [1.29, 1.82) is 0 Å². The SMILES string of the molecule is O=C1Nc2ccc(F)cc2/C1=C/Nc1ccc(NC2CCN(Cc3ccccc3)C2)c(C(F)(F)F)c1. The van der Waals surface area contributed by atoms with Crippen LogP contribution >= 0.6 is 0 Å². The van der Waals surface area contributed by atoms with Crippen LogP contribution in [0.2, 0.25) is 0 Å². The lowest BCUT2D eigenvalue weighted by Gasteiger charge is -2.21. The maximum absolute atomic E-state index is 13.9. The van der Waals surface area contributed by atoms with Crippen molar-refractivity contribution in [2.45, 2.75) is 25.2 Å². The van der Waals surface area contributed by atoms with Gasteiger partial charge in [-0.05, 0) is 48.4 Å². The zero-order chi connectivity index (χ0) is 25.3. The molecular formula is C27H24F4N4O. The molecule has 2 heterocycles. The van der Waals surface area contributed by atoms with Crippen LogP contribution < -0.4 is 16.0 Å². The van der Waals surface area contributed by atoms with Crippen molar-refractivity contribution in [1.82, 2.24) is 4.90 Å². The average molecular weight is 497 g/mol. The smallest absolute Gasteiger partial charge is 0.380 e. The fraction of sp³-hybridized carbons (Fsp3) is 0.222. The molecular weight excluding hydrogens is 472 g/mol. The molecule has 0 saturated carbocycles. The van der Waals surface area contributed by atoms with Crippen LogP contribution in [-0.4, -0.2) is 29.9 Å². The summed E-state index contributed by atoms with van der Waals surface area (Å²) >= 11 is 0. The van der Waals surface area contributed by atoms with E-state index in [9.17, 15) is 22.4 Å². The number of carbonyl (C=O) groups excluding carboxylic acids is 1. The second-order valence-electron chi connectivity index (χ2n) is 8.96. The number of rotatable bonds is 6. The zero-order valence-corrected chi connectivity index (χ0v) is 19.2. The monoisotopic (exact) mass is 496 g/mol. The minimum Gasteiger partial charge on any atom is -0.380 e. The minimum absolute atomic E-state index is 0.0123. The largest absolute Gasteiger partial charge is 0.418 e. The third kappa shape index (κ3) is 5.21. The van der Waals surface area contributed by atoms with Crippen LogP contribution in [0.25, 0.3) is 5.57 Å². The quantitative estimate of drug-likeness (QED) is 0.292. The number of hydrogen-bond acceptors (Lipinski definition) is 4. The first kappa shape index (κ1) is 23.9. The predicted molar refractivity (Wildman–Crippen MR) is 132 cm³/mol. The lowest BCUT2D eigenvalue weighted by molar-refractivity contribution is -0.137. The second kappa shape index (κ2) is 9.66. The van der Waals surface area contributed by atoms with Crippen molar-refractivity contribution in [2.24, 2.45) is 0 Å². The Bertz CT molecular complexity index is 1310. The van der Waals surface area contributed by atoms with Gasteiger partial charge >= 0.3 is 6.18 Å². The third-order valence-electron chi connectivity index (χ3n) is 6.35. The standard InChI is InChI=1S/C27H24F4N4O/c28-18-6-8-24-21(12-18)22(26(36)34-24)14-32-19-7-9-25(23(13-19)27(29,30)31)33-20-10-11-35(16-20)15-17-4-2-1-3-5-17/h1-9,12-14,20,32-33H,10-11,15-16H2,(H,34,36)/b22-14-. The summed E-state index contributed by atoms with van der Waals surface area (Å²) in [6.45, 7) is 2.19. The van der Waals surface area contributed by atoms with Gasteiger partial charge in [0.05, 0.1) is 11.1 Å². The first-order valence-corrected chi connectivity index (χ1v) is 11.6. The van der Waals surface area contributed by atoms with E-state index in [1.54, 1.807) is 0 Å². The molecule has 3 aromatic carbocycles. The number of nitrogens with zero attached hydrogens (tertiary/aromatic N) is 1. The fourth-order valence-corrected chi connectivity index (χ4v) is 4.61. The van der Waals surface area contributed by atoms with Crippen molar-refractivity contribution in [3.8, 4) is 0 Å². The molecule has 0 aromatic heterocycles. The molecule has 5 rings (SSSR count). The highest BCUT2D eigenvalue weighted by Crippen LogP contribution is 2.38. The van der Waals surface area contributed by atoms with Gasteiger partial charge in [-0.1, -0.05) is 30.3 Å². The molecule has 3 N–H and O–H groups in total. The maximum Gasteiger partial charge on any atom is 0.418 e. The van der Waals surface area contributed by atoms with Crippen molar-refractivity contribution in [3.05, 3.63) is 95.4 Å². The molecule has 2 aliphatic rings. The number of nitrogens with one attached hydrogen (secondary N) is 3. The summed E-state index contributed by atoms with van der Waals surface area (Å²) in [5.41, 5.74) is 1.49. The van der Waals surface area contributed by atoms with Crippen molar-refractivity contribution in [2.75, 3.05) is 29.0 Å². The molecule has 1 unspecified atom stereocenters. The molecule has 186 valence electrons. The van der Waals surface area contributed by atoms with E-state index in [0.717, 1.165) is 25.6 Å². The Labute approximate surface area is 205 Å². The van der Waals surface area contributed by atoms with Crippen molar-refractivity contribution < 1.29 is 22.4 Å². The van der Waals surface area contributed by atoms with Gasteiger partial charge in [-0.25, -0.2) is 4.39 Å². The summed E-state index contributed by atoms with van der Waals surface area (Å²) in [6, 6.07) is 17.6. The number of hydrogen-bond donors (Lipinski definition) is 3. The van der Waals surface area contributed by atoms with Gasteiger partial charge in [-0.3, -0.25) is 9.69 Å². The molecule has 0 aliphatic carbocycles. The van der Waals surface area contributed by atoms with Crippen LogP contribution in [0.1, 0.15) is 23.1 Å². The molecule has 2 aliphatic heterocycles. The van der Waals surface area contributed by atoms with Crippen LogP contribution in [0.4, 0.5) is 34.6 Å². The Hall–Kier alpha value is -3.85. The van der Waals surface area contributed by atoms with Gasteiger partial charge in [0, 0.05) is 54.5 Å². The third-order valence-corrected chi connectivity index (χ3v) is 6.35. The van der Waals surface area contributed by atoms with E-state index < -0.39 is 23.5 Å².